The minimum Gasteiger partial charge on any atom is -0.389 e. The number of carbonyl (C=O) groups excluding carboxylic acids is 1. The van der Waals surface area contributed by atoms with Gasteiger partial charge in [0.05, 0.1) is 11.9 Å². The maximum atomic E-state index is 11.6. The van der Waals surface area contributed by atoms with Gasteiger partial charge in [-0.05, 0) is 13.0 Å². The molecule has 1 rings (SSSR count). The molecule has 0 fully saturated rings. The van der Waals surface area contributed by atoms with E-state index >= 15 is 0 Å². The van der Waals surface area contributed by atoms with Gasteiger partial charge in [-0.3, -0.25) is 4.79 Å². The molecule has 1 aromatic carbocycles. The predicted molar refractivity (Wildman–Crippen MR) is 70.0 cm³/mol. The molecule has 100 valence electrons. The van der Waals surface area contributed by atoms with Gasteiger partial charge in [-0.25, -0.2) is 8.42 Å². The third-order valence-electron chi connectivity index (χ3n) is 2.38. The SMILES string of the molecule is CC(O)c1ccccc1NC(=O)CCS(C)(=O)=O. The van der Waals surface area contributed by atoms with Gasteiger partial charge < -0.3 is 10.4 Å². The van der Waals surface area contributed by atoms with Crippen molar-refractivity contribution in [3.63, 3.8) is 0 Å². The Labute approximate surface area is 107 Å². The Morgan fingerprint density at radius 1 is 1.39 bits per heavy atom. The number of hydrogen-bond acceptors (Lipinski definition) is 4. The van der Waals surface area contributed by atoms with E-state index in [1.807, 2.05) is 0 Å². The molecule has 2 N–H and O–H groups in total. The van der Waals surface area contributed by atoms with E-state index in [4.69, 9.17) is 0 Å². The molecule has 1 aromatic rings. The summed E-state index contributed by atoms with van der Waals surface area (Å²) in [5.74, 6) is -0.566. The molecule has 0 aromatic heterocycles. The summed E-state index contributed by atoms with van der Waals surface area (Å²) in [4.78, 5) is 11.6. The van der Waals surface area contributed by atoms with Crippen LogP contribution in [0.15, 0.2) is 24.3 Å². The van der Waals surface area contributed by atoms with Crippen LogP contribution in [-0.2, 0) is 14.6 Å². The second-order valence-electron chi connectivity index (χ2n) is 4.19. The lowest BCUT2D eigenvalue weighted by molar-refractivity contribution is -0.115. The zero-order valence-corrected chi connectivity index (χ0v) is 11.2. The average Bonchev–Trinajstić information content (AvgIpc) is 2.26. The molecular formula is C12H17NO4S. The first-order valence-electron chi connectivity index (χ1n) is 5.54. The number of rotatable bonds is 5. The molecule has 1 atom stereocenters. The topological polar surface area (TPSA) is 83.5 Å². The predicted octanol–water partition coefficient (Wildman–Crippen LogP) is 1.11. The van der Waals surface area contributed by atoms with E-state index in [9.17, 15) is 18.3 Å². The summed E-state index contributed by atoms with van der Waals surface area (Å²) in [6.07, 6.45) is 0.299. The number of anilines is 1. The molecule has 18 heavy (non-hydrogen) atoms. The first-order chi connectivity index (χ1) is 8.29. The summed E-state index contributed by atoms with van der Waals surface area (Å²) in [6.45, 7) is 1.60. The van der Waals surface area contributed by atoms with E-state index in [0.717, 1.165) is 6.26 Å². The molecule has 6 heteroatoms. The monoisotopic (exact) mass is 271 g/mol. The maximum Gasteiger partial charge on any atom is 0.225 e. The third-order valence-corrected chi connectivity index (χ3v) is 3.33. The highest BCUT2D eigenvalue weighted by molar-refractivity contribution is 7.90. The number of aliphatic hydroxyl groups excluding tert-OH is 1. The summed E-state index contributed by atoms with van der Waals surface area (Å²) in [7, 11) is -3.15. The number of sulfone groups is 1. The quantitative estimate of drug-likeness (QED) is 0.840. The largest absolute Gasteiger partial charge is 0.389 e. The number of para-hydroxylation sites is 1. The van der Waals surface area contributed by atoms with Crippen LogP contribution in [0, 0.1) is 0 Å². The number of nitrogens with one attached hydrogen (secondary N) is 1. The molecule has 0 aliphatic carbocycles. The Hall–Kier alpha value is -1.40. The number of carbonyl (C=O) groups is 1. The van der Waals surface area contributed by atoms with Gasteiger partial charge in [-0.15, -0.1) is 0 Å². The number of aliphatic hydroxyl groups is 1. The lowest BCUT2D eigenvalue weighted by Gasteiger charge is -2.12. The van der Waals surface area contributed by atoms with E-state index in [1.165, 1.54) is 0 Å². The number of hydrogen-bond donors (Lipinski definition) is 2. The Kier molecular flexibility index (Phi) is 4.86. The second-order valence-corrected chi connectivity index (χ2v) is 6.45. The molecule has 0 spiro atoms. The van der Waals surface area contributed by atoms with Crippen LogP contribution in [0.3, 0.4) is 0 Å². The molecule has 0 saturated heterocycles. The molecule has 0 aliphatic rings. The van der Waals surface area contributed by atoms with Crippen LogP contribution in [0.4, 0.5) is 5.69 Å². The standard InChI is InChI=1S/C12H17NO4S/c1-9(14)10-5-3-4-6-11(10)13-12(15)7-8-18(2,16)17/h3-6,9,14H,7-8H2,1-2H3,(H,13,15). The molecule has 0 radical (unpaired) electrons. The summed E-state index contributed by atoms with van der Waals surface area (Å²) in [6, 6.07) is 6.86. The van der Waals surface area contributed by atoms with Gasteiger partial charge in [0, 0.05) is 23.9 Å². The van der Waals surface area contributed by atoms with Gasteiger partial charge in [0.25, 0.3) is 0 Å². The normalized spacial score (nSPS) is 13.1. The zero-order chi connectivity index (χ0) is 13.8. The van der Waals surface area contributed by atoms with Crippen molar-refractivity contribution in [2.75, 3.05) is 17.3 Å². The average molecular weight is 271 g/mol. The molecule has 0 heterocycles. The lowest BCUT2D eigenvalue weighted by Crippen LogP contribution is -2.17. The van der Waals surface area contributed by atoms with E-state index in [-0.39, 0.29) is 18.1 Å². The second kappa shape index (κ2) is 5.97. The Balaban J connectivity index is 2.70. The Morgan fingerprint density at radius 3 is 2.56 bits per heavy atom. The van der Waals surface area contributed by atoms with Crippen molar-refractivity contribution < 1.29 is 18.3 Å². The summed E-state index contributed by atoms with van der Waals surface area (Å²) < 4.78 is 21.9. The summed E-state index contributed by atoms with van der Waals surface area (Å²) in [5.41, 5.74) is 1.11. The fraction of sp³-hybridized carbons (Fsp3) is 0.417. The first-order valence-corrected chi connectivity index (χ1v) is 7.60. The molecule has 0 bridgehead atoms. The van der Waals surface area contributed by atoms with Gasteiger partial charge in [0.2, 0.25) is 5.91 Å². The summed E-state index contributed by atoms with van der Waals surface area (Å²) >= 11 is 0. The van der Waals surface area contributed by atoms with Gasteiger partial charge in [-0.1, -0.05) is 18.2 Å². The van der Waals surface area contributed by atoms with E-state index in [1.54, 1.807) is 31.2 Å². The minimum absolute atomic E-state index is 0.0903. The lowest BCUT2D eigenvalue weighted by atomic mass is 10.1. The van der Waals surface area contributed by atoms with E-state index < -0.39 is 15.9 Å². The number of benzene rings is 1. The van der Waals surface area contributed by atoms with Crippen molar-refractivity contribution in [3.8, 4) is 0 Å². The highest BCUT2D eigenvalue weighted by Gasteiger charge is 2.12. The third kappa shape index (κ3) is 4.85. The van der Waals surface area contributed by atoms with Crippen LogP contribution in [0.2, 0.25) is 0 Å². The van der Waals surface area contributed by atoms with Crippen LogP contribution < -0.4 is 5.32 Å². The van der Waals surface area contributed by atoms with Crippen molar-refractivity contribution in [1.29, 1.82) is 0 Å². The van der Waals surface area contributed by atoms with Crippen LogP contribution in [-0.4, -0.2) is 31.4 Å². The Morgan fingerprint density at radius 2 is 2.00 bits per heavy atom. The van der Waals surface area contributed by atoms with E-state index in [0.29, 0.717) is 11.3 Å². The molecule has 1 unspecified atom stereocenters. The highest BCUT2D eigenvalue weighted by Crippen LogP contribution is 2.22. The van der Waals surface area contributed by atoms with Gasteiger partial charge in [0.1, 0.15) is 9.84 Å². The van der Waals surface area contributed by atoms with Gasteiger partial charge in [-0.2, -0.15) is 0 Å². The van der Waals surface area contributed by atoms with E-state index in [2.05, 4.69) is 5.32 Å². The minimum atomic E-state index is -3.15. The smallest absolute Gasteiger partial charge is 0.225 e. The molecule has 1 amide bonds. The maximum absolute atomic E-state index is 11.6. The van der Waals surface area contributed by atoms with Crippen molar-refractivity contribution in [1.82, 2.24) is 0 Å². The van der Waals surface area contributed by atoms with Crippen molar-refractivity contribution in [3.05, 3.63) is 29.8 Å². The van der Waals surface area contributed by atoms with Crippen molar-refractivity contribution in [2.45, 2.75) is 19.4 Å². The van der Waals surface area contributed by atoms with Crippen LogP contribution in [0.1, 0.15) is 25.0 Å². The van der Waals surface area contributed by atoms with Crippen molar-refractivity contribution in [2.24, 2.45) is 0 Å². The summed E-state index contributed by atoms with van der Waals surface area (Å²) in [5, 5.41) is 12.1. The van der Waals surface area contributed by atoms with Crippen LogP contribution >= 0.6 is 0 Å². The van der Waals surface area contributed by atoms with Crippen LogP contribution in [0.25, 0.3) is 0 Å². The van der Waals surface area contributed by atoms with Gasteiger partial charge in [0.15, 0.2) is 0 Å². The molecular weight excluding hydrogens is 254 g/mol. The van der Waals surface area contributed by atoms with Gasteiger partial charge >= 0.3 is 0 Å². The fourth-order valence-corrected chi connectivity index (χ4v) is 2.02. The fourth-order valence-electron chi connectivity index (χ4n) is 1.47. The molecule has 5 nitrogen and oxygen atoms in total. The highest BCUT2D eigenvalue weighted by atomic mass is 32.2. The zero-order valence-electron chi connectivity index (χ0n) is 10.4. The Bertz CT molecular complexity index is 523. The molecule has 0 aliphatic heterocycles. The number of amides is 1. The van der Waals surface area contributed by atoms with Crippen LogP contribution in [0.5, 0.6) is 0 Å². The first kappa shape index (κ1) is 14.7. The van der Waals surface area contributed by atoms with Crippen molar-refractivity contribution >= 4 is 21.4 Å². The molecule has 0 saturated carbocycles.